The van der Waals surface area contributed by atoms with Crippen LogP contribution in [-0.2, 0) is 20.1 Å². The Morgan fingerprint density at radius 2 is 0.851 bits per heavy atom. The molecule has 1 aromatic carbocycles. The van der Waals surface area contributed by atoms with Gasteiger partial charge in [-0.2, -0.15) is 101 Å². The highest BCUT2D eigenvalue weighted by atomic mass is 19.4. The van der Waals surface area contributed by atoms with Gasteiger partial charge in [-0.3, -0.25) is 14.2 Å². The summed E-state index contributed by atoms with van der Waals surface area (Å²) in [7, 11) is -3.52. The van der Waals surface area contributed by atoms with Crippen molar-refractivity contribution in [3.05, 3.63) is 23.8 Å². The molecular formula is C17H7BF23NO5. The zero-order valence-corrected chi connectivity index (χ0v) is 20.7. The first-order valence-corrected chi connectivity index (χ1v) is 10.4. The number of ether oxygens (including phenoxy) is 3. The second-order valence-corrected chi connectivity index (χ2v) is 8.43. The molecule has 6 nitrogen and oxygen atoms in total. The van der Waals surface area contributed by atoms with Gasteiger partial charge in [0.15, 0.2) is 0 Å². The standard InChI is InChI=1S/C17H7BF23NO5/c19-7(11(24,25)26,5-2-1-4(42)3-6(5)18(43)44)45-16(38,39)9(22,13(30,31)32)47-17(40,41)10(23,14(33,34)35)46-15(36,37)8(20,21)12(27,28)29/h1-3,43-44H,42H2. The number of nitrogens with two attached hydrogens (primary N) is 1. The molecule has 0 amide bonds. The van der Waals surface area contributed by atoms with Crippen LogP contribution in [0.3, 0.4) is 0 Å². The fourth-order valence-corrected chi connectivity index (χ4v) is 2.81. The molecule has 0 spiro atoms. The van der Waals surface area contributed by atoms with E-state index in [-0.39, 0.29) is 12.1 Å². The van der Waals surface area contributed by atoms with E-state index in [1.54, 1.807) is 0 Å². The van der Waals surface area contributed by atoms with E-state index in [0.717, 1.165) is 4.74 Å². The van der Waals surface area contributed by atoms with Crippen molar-refractivity contribution >= 4 is 18.3 Å². The van der Waals surface area contributed by atoms with Crippen molar-refractivity contribution in [2.24, 2.45) is 0 Å². The summed E-state index contributed by atoms with van der Waals surface area (Å²) in [5, 5.41) is 18.1. The first-order valence-electron chi connectivity index (χ1n) is 10.4. The van der Waals surface area contributed by atoms with E-state index in [1.165, 1.54) is 4.74 Å². The number of hydrogen-bond acceptors (Lipinski definition) is 6. The van der Waals surface area contributed by atoms with Gasteiger partial charge in [0, 0.05) is 11.3 Å². The van der Waals surface area contributed by atoms with Crippen molar-refractivity contribution in [1.82, 2.24) is 0 Å². The lowest BCUT2D eigenvalue weighted by molar-refractivity contribution is -0.580. The van der Waals surface area contributed by atoms with Crippen molar-refractivity contribution in [1.29, 1.82) is 0 Å². The van der Waals surface area contributed by atoms with E-state index in [1.807, 2.05) is 4.74 Å². The molecule has 274 valence electrons. The predicted molar refractivity (Wildman–Crippen MR) is 98.4 cm³/mol. The molecule has 4 N–H and O–H groups in total. The van der Waals surface area contributed by atoms with Crippen molar-refractivity contribution in [3.63, 3.8) is 0 Å². The van der Waals surface area contributed by atoms with Crippen LogP contribution >= 0.6 is 0 Å². The largest absolute Gasteiger partial charge is 0.489 e. The molecule has 3 unspecified atom stereocenters. The fourth-order valence-electron chi connectivity index (χ4n) is 2.81. The van der Waals surface area contributed by atoms with Crippen LogP contribution in [0.1, 0.15) is 5.56 Å². The normalized spacial score (nSPS) is 18.7. The van der Waals surface area contributed by atoms with Crippen LogP contribution in [-0.4, -0.2) is 77.8 Å². The average molecular weight is 753 g/mol. The lowest BCUT2D eigenvalue weighted by atomic mass is 9.75. The molecule has 0 saturated carbocycles. The highest BCUT2D eigenvalue weighted by molar-refractivity contribution is 6.59. The number of benzene rings is 1. The number of nitrogen functional groups attached to an aromatic ring is 1. The molecule has 0 radical (unpaired) electrons. The van der Waals surface area contributed by atoms with Crippen LogP contribution in [0.15, 0.2) is 18.2 Å². The summed E-state index contributed by atoms with van der Waals surface area (Å²) >= 11 is 0. The van der Waals surface area contributed by atoms with Crippen LogP contribution in [0, 0.1) is 0 Å². The van der Waals surface area contributed by atoms with Crippen LogP contribution < -0.4 is 11.2 Å². The molecule has 0 bridgehead atoms. The molecule has 3 atom stereocenters. The SMILES string of the molecule is Nc1ccc(C(F)(OC(F)(F)C(F)(OC(F)(F)C(F)(OC(F)(F)C(F)(F)C(F)(F)F)C(F)(F)F)C(F)(F)F)C(F)(F)F)c(B(O)O)c1. The summed E-state index contributed by atoms with van der Waals surface area (Å²) in [5.41, 5.74) is -0.942. The van der Waals surface area contributed by atoms with Crippen molar-refractivity contribution in [2.45, 2.75) is 66.5 Å². The van der Waals surface area contributed by atoms with Gasteiger partial charge in [0.05, 0.1) is 0 Å². The minimum Gasteiger partial charge on any atom is -0.423 e. The molecule has 0 aromatic heterocycles. The topological polar surface area (TPSA) is 94.2 Å². The van der Waals surface area contributed by atoms with Crippen molar-refractivity contribution in [2.75, 3.05) is 5.73 Å². The van der Waals surface area contributed by atoms with Crippen LogP contribution in [0.25, 0.3) is 0 Å². The third-order valence-corrected chi connectivity index (χ3v) is 5.07. The summed E-state index contributed by atoms with van der Waals surface area (Å²) in [6.07, 6.45) is -57.6. The summed E-state index contributed by atoms with van der Waals surface area (Å²) in [4.78, 5) is 0. The maximum Gasteiger partial charge on any atom is 0.489 e. The second kappa shape index (κ2) is 11.7. The maximum atomic E-state index is 15.1. The maximum absolute atomic E-state index is 15.1. The quantitative estimate of drug-likeness (QED) is 0.144. The van der Waals surface area contributed by atoms with Gasteiger partial charge in [-0.1, -0.05) is 6.07 Å². The van der Waals surface area contributed by atoms with Crippen LogP contribution in [0.5, 0.6) is 0 Å². The fraction of sp³-hybridized carbons (Fsp3) is 0.647. The van der Waals surface area contributed by atoms with Gasteiger partial charge in [-0.15, -0.1) is 0 Å². The third kappa shape index (κ3) is 7.19. The molecule has 0 aliphatic rings. The molecule has 1 rings (SSSR count). The van der Waals surface area contributed by atoms with Gasteiger partial charge in [0.2, 0.25) is 0 Å². The molecule has 0 heterocycles. The van der Waals surface area contributed by atoms with Crippen molar-refractivity contribution in [3.8, 4) is 0 Å². The number of hydrogen-bond donors (Lipinski definition) is 3. The number of alkyl halides is 23. The Morgan fingerprint density at radius 3 is 1.17 bits per heavy atom. The van der Waals surface area contributed by atoms with E-state index >= 15 is 4.39 Å². The minimum absolute atomic E-state index is 0.0189. The summed E-state index contributed by atoms with van der Waals surface area (Å²) in [5.74, 6) is -32.4. The van der Waals surface area contributed by atoms with Crippen molar-refractivity contribution < 1.29 is 125 Å². The smallest absolute Gasteiger partial charge is 0.423 e. The lowest BCUT2D eigenvalue weighted by Crippen LogP contribution is -2.70. The Kier molecular flexibility index (Phi) is 10.5. The highest BCUT2D eigenvalue weighted by Gasteiger charge is 2.88. The van der Waals surface area contributed by atoms with E-state index in [9.17, 15) is 96.6 Å². The first-order chi connectivity index (χ1) is 20.2. The third-order valence-electron chi connectivity index (χ3n) is 5.07. The molecule has 47 heavy (non-hydrogen) atoms. The molecule has 0 fully saturated rings. The van der Waals surface area contributed by atoms with E-state index in [4.69, 9.17) is 15.8 Å². The number of halogens is 23. The monoisotopic (exact) mass is 753 g/mol. The Balaban J connectivity index is 4.03. The summed E-state index contributed by atoms with van der Waals surface area (Å²) < 4.78 is 314. The van der Waals surface area contributed by atoms with Gasteiger partial charge < -0.3 is 15.8 Å². The van der Waals surface area contributed by atoms with Gasteiger partial charge in [-0.25, -0.2) is 0 Å². The van der Waals surface area contributed by atoms with Gasteiger partial charge in [-0.05, 0) is 17.6 Å². The van der Waals surface area contributed by atoms with Gasteiger partial charge in [0.1, 0.15) is 0 Å². The average Bonchev–Trinajstić information content (AvgIpc) is 2.79. The van der Waals surface area contributed by atoms with E-state index in [0.29, 0.717) is 0 Å². The van der Waals surface area contributed by atoms with Crippen LogP contribution in [0.4, 0.5) is 107 Å². The Bertz CT molecular complexity index is 1280. The first kappa shape index (κ1) is 42.3. The van der Waals surface area contributed by atoms with E-state index < -0.39 is 96.4 Å². The Hall–Kier alpha value is -2.73. The molecule has 30 heteroatoms. The van der Waals surface area contributed by atoms with Gasteiger partial charge >= 0.3 is 73.6 Å². The molecule has 0 aliphatic heterocycles. The summed E-state index contributed by atoms with van der Waals surface area (Å²) in [6, 6.07) is -0.785. The van der Waals surface area contributed by atoms with E-state index in [2.05, 4.69) is 0 Å². The number of rotatable bonds is 11. The Morgan fingerprint density at radius 1 is 0.489 bits per heavy atom. The zero-order valence-electron chi connectivity index (χ0n) is 20.7. The molecular weight excluding hydrogens is 746 g/mol. The molecule has 0 aliphatic carbocycles. The Labute approximate surface area is 240 Å². The molecule has 1 aromatic rings. The molecule has 0 saturated heterocycles. The predicted octanol–water partition coefficient (Wildman–Crippen LogP) is 6.12. The lowest BCUT2D eigenvalue weighted by Gasteiger charge is -2.43. The minimum atomic E-state index is -8.77. The second-order valence-electron chi connectivity index (χ2n) is 8.43. The summed E-state index contributed by atoms with van der Waals surface area (Å²) in [6.45, 7) is 0. The highest BCUT2D eigenvalue weighted by Crippen LogP contribution is 2.60. The van der Waals surface area contributed by atoms with Gasteiger partial charge in [0.25, 0.3) is 0 Å². The van der Waals surface area contributed by atoms with Crippen LogP contribution in [0.2, 0.25) is 0 Å². The zero-order chi connectivity index (χ0) is 38.1. The number of anilines is 1.